The molecule has 0 amide bonds. The summed E-state index contributed by atoms with van der Waals surface area (Å²) in [6.45, 7) is 4.03. The Morgan fingerprint density at radius 1 is 1.12 bits per heavy atom. The topological polar surface area (TPSA) is 83.8 Å². The molecule has 2 aliphatic rings. The lowest BCUT2D eigenvalue weighted by Gasteiger charge is -2.23. The molecule has 1 aliphatic carbocycles. The highest BCUT2D eigenvalue weighted by atomic mass is 16.5. The minimum atomic E-state index is -0.637. The van der Waals surface area contributed by atoms with E-state index in [1.807, 2.05) is 19.9 Å². The normalized spacial score (nSPS) is 27.9. The lowest BCUT2D eigenvalue weighted by atomic mass is 9.97. The van der Waals surface area contributed by atoms with Crippen molar-refractivity contribution in [1.29, 1.82) is 0 Å². The molecule has 3 rings (SSSR count). The molecular formula is C21H26O5. The van der Waals surface area contributed by atoms with Gasteiger partial charge in [-0.3, -0.25) is 4.79 Å². The van der Waals surface area contributed by atoms with Crippen molar-refractivity contribution in [2.45, 2.75) is 52.1 Å². The second-order valence-corrected chi connectivity index (χ2v) is 7.80. The van der Waals surface area contributed by atoms with Crippen molar-refractivity contribution < 1.29 is 24.5 Å². The molecule has 140 valence electrons. The maximum absolute atomic E-state index is 12.8. The largest absolute Gasteiger partial charge is 0.508 e. The molecule has 0 saturated heterocycles. The van der Waals surface area contributed by atoms with Crippen LogP contribution in [-0.4, -0.2) is 28.1 Å². The van der Waals surface area contributed by atoms with Gasteiger partial charge in [-0.15, -0.1) is 0 Å². The van der Waals surface area contributed by atoms with E-state index in [0.717, 1.165) is 31.7 Å². The van der Waals surface area contributed by atoms with Crippen LogP contribution in [0.15, 0.2) is 24.3 Å². The van der Waals surface area contributed by atoms with Gasteiger partial charge in [0.05, 0.1) is 0 Å². The van der Waals surface area contributed by atoms with Gasteiger partial charge in [0.2, 0.25) is 0 Å². The van der Waals surface area contributed by atoms with Gasteiger partial charge in [0.1, 0.15) is 23.2 Å². The Labute approximate surface area is 153 Å². The van der Waals surface area contributed by atoms with Crippen LogP contribution in [0.25, 0.3) is 0 Å². The van der Waals surface area contributed by atoms with E-state index in [1.54, 1.807) is 0 Å². The minimum absolute atomic E-state index is 0.0281. The molecule has 1 heterocycles. The molecule has 1 fully saturated rings. The first-order valence-electron chi connectivity index (χ1n) is 9.30. The van der Waals surface area contributed by atoms with Crippen molar-refractivity contribution in [2.75, 3.05) is 0 Å². The van der Waals surface area contributed by atoms with Crippen molar-refractivity contribution in [3.05, 3.63) is 35.4 Å². The maximum Gasteiger partial charge on any atom is 0.342 e. The lowest BCUT2D eigenvalue weighted by molar-refractivity contribution is -0.114. The molecule has 0 aromatic heterocycles. The SMILES string of the molecule is CC(C)[C@@H]1C[C@H]2C[C@@H]2CC/C=C/C(=O)Cc2cc(O)cc(O)c2C(=O)O1. The number of carbonyl (C=O) groups excluding carboxylic acids is 2. The molecule has 0 radical (unpaired) electrons. The Bertz CT molecular complexity index is 734. The average Bonchev–Trinajstić information content (AvgIpc) is 3.27. The monoisotopic (exact) mass is 358 g/mol. The van der Waals surface area contributed by atoms with Gasteiger partial charge in [-0.2, -0.15) is 0 Å². The highest BCUT2D eigenvalue weighted by Crippen LogP contribution is 2.46. The molecule has 5 nitrogen and oxygen atoms in total. The Hall–Kier alpha value is -2.30. The van der Waals surface area contributed by atoms with Gasteiger partial charge in [-0.25, -0.2) is 4.79 Å². The first-order chi connectivity index (χ1) is 12.3. The standard InChI is InChI=1S/C21H26O5/c1-12(2)19-10-14-7-13(14)5-3-4-6-16(22)8-15-9-17(23)11-18(24)20(15)21(25)26-19/h4,6,9,11-14,19,23-24H,3,5,7-8,10H2,1-2H3/b6-4+/t13-,14+,19-/m0/s1. The number of allylic oxidation sites excluding steroid dienone is 2. The van der Waals surface area contributed by atoms with Crippen LogP contribution in [-0.2, 0) is 16.0 Å². The van der Waals surface area contributed by atoms with Crippen LogP contribution >= 0.6 is 0 Å². The predicted octanol–water partition coefficient (Wildman–Crippen LogP) is 3.77. The number of hydrogen-bond donors (Lipinski definition) is 2. The fraction of sp³-hybridized carbons (Fsp3) is 0.524. The number of hydrogen-bond acceptors (Lipinski definition) is 5. The number of carbonyl (C=O) groups is 2. The summed E-state index contributed by atoms with van der Waals surface area (Å²) in [5.74, 6) is -0.00675. The van der Waals surface area contributed by atoms with Crippen LogP contribution in [0.5, 0.6) is 11.5 Å². The van der Waals surface area contributed by atoms with Crippen molar-refractivity contribution >= 4 is 11.8 Å². The highest BCUT2D eigenvalue weighted by molar-refractivity contribution is 5.98. The Kier molecular flexibility index (Phi) is 5.35. The lowest BCUT2D eigenvalue weighted by Crippen LogP contribution is -2.25. The average molecular weight is 358 g/mol. The number of phenolic OH excluding ortho intramolecular Hbond substituents is 2. The van der Waals surface area contributed by atoms with Crippen molar-refractivity contribution in [3.63, 3.8) is 0 Å². The second-order valence-electron chi connectivity index (χ2n) is 7.80. The fourth-order valence-corrected chi connectivity index (χ4v) is 3.72. The molecule has 1 aromatic carbocycles. The summed E-state index contributed by atoms with van der Waals surface area (Å²) < 4.78 is 5.73. The number of aromatic hydroxyl groups is 2. The number of benzene rings is 1. The van der Waals surface area contributed by atoms with Crippen LogP contribution in [0.4, 0.5) is 0 Å². The number of ether oxygens (including phenoxy) is 1. The summed E-state index contributed by atoms with van der Waals surface area (Å²) in [6.07, 6.45) is 6.97. The third kappa shape index (κ3) is 4.26. The fourth-order valence-electron chi connectivity index (χ4n) is 3.72. The summed E-state index contributed by atoms with van der Waals surface area (Å²) in [4.78, 5) is 25.0. The molecule has 0 bridgehead atoms. The number of cyclic esters (lactones) is 1. The van der Waals surface area contributed by atoms with E-state index in [-0.39, 0.29) is 46.9 Å². The predicted molar refractivity (Wildman–Crippen MR) is 97.1 cm³/mol. The summed E-state index contributed by atoms with van der Waals surface area (Å²) >= 11 is 0. The van der Waals surface area contributed by atoms with E-state index < -0.39 is 5.97 Å². The molecule has 1 saturated carbocycles. The van der Waals surface area contributed by atoms with E-state index in [0.29, 0.717) is 11.8 Å². The van der Waals surface area contributed by atoms with Crippen molar-refractivity contribution in [1.82, 2.24) is 0 Å². The molecule has 1 aromatic rings. The number of rotatable bonds is 1. The van der Waals surface area contributed by atoms with Crippen LogP contribution in [0.2, 0.25) is 0 Å². The highest BCUT2D eigenvalue weighted by Gasteiger charge is 2.39. The quantitative estimate of drug-likeness (QED) is 0.747. The number of phenols is 2. The number of ketones is 1. The Balaban J connectivity index is 1.95. The van der Waals surface area contributed by atoms with E-state index in [1.165, 1.54) is 12.1 Å². The minimum Gasteiger partial charge on any atom is -0.508 e. The zero-order valence-electron chi connectivity index (χ0n) is 15.3. The van der Waals surface area contributed by atoms with Crippen LogP contribution in [0, 0.1) is 17.8 Å². The summed E-state index contributed by atoms with van der Waals surface area (Å²) in [5, 5.41) is 19.9. The van der Waals surface area contributed by atoms with Crippen LogP contribution < -0.4 is 0 Å². The third-order valence-electron chi connectivity index (χ3n) is 5.37. The molecule has 0 unspecified atom stereocenters. The van der Waals surface area contributed by atoms with Gasteiger partial charge in [-0.05, 0) is 61.1 Å². The number of esters is 1. The van der Waals surface area contributed by atoms with Crippen LogP contribution in [0.1, 0.15) is 55.5 Å². The zero-order chi connectivity index (χ0) is 18.8. The molecule has 2 N–H and O–H groups in total. The first-order valence-corrected chi connectivity index (χ1v) is 9.30. The zero-order valence-corrected chi connectivity index (χ0v) is 15.3. The summed E-state index contributed by atoms with van der Waals surface area (Å²) in [7, 11) is 0. The van der Waals surface area contributed by atoms with E-state index >= 15 is 0 Å². The van der Waals surface area contributed by atoms with Gasteiger partial charge >= 0.3 is 5.97 Å². The van der Waals surface area contributed by atoms with Gasteiger partial charge in [0, 0.05) is 12.5 Å². The van der Waals surface area contributed by atoms with E-state index in [9.17, 15) is 19.8 Å². The maximum atomic E-state index is 12.8. The molecule has 1 aliphatic heterocycles. The summed E-state index contributed by atoms with van der Waals surface area (Å²) in [5.41, 5.74) is 0.255. The van der Waals surface area contributed by atoms with Gasteiger partial charge in [0.25, 0.3) is 0 Å². The van der Waals surface area contributed by atoms with Crippen LogP contribution in [0.3, 0.4) is 0 Å². The summed E-state index contributed by atoms with van der Waals surface area (Å²) in [6, 6.07) is 2.44. The molecule has 3 atom stereocenters. The molecular weight excluding hydrogens is 332 g/mol. The van der Waals surface area contributed by atoms with Gasteiger partial charge in [0.15, 0.2) is 5.78 Å². The Morgan fingerprint density at radius 3 is 2.62 bits per heavy atom. The molecule has 5 heteroatoms. The third-order valence-corrected chi connectivity index (χ3v) is 5.37. The van der Waals surface area contributed by atoms with Gasteiger partial charge < -0.3 is 14.9 Å². The van der Waals surface area contributed by atoms with Crippen molar-refractivity contribution in [2.24, 2.45) is 17.8 Å². The second kappa shape index (κ2) is 7.52. The van der Waals surface area contributed by atoms with Gasteiger partial charge in [-0.1, -0.05) is 19.9 Å². The van der Waals surface area contributed by atoms with Crippen molar-refractivity contribution in [3.8, 4) is 11.5 Å². The number of fused-ring (bicyclic) bond motifs is 2. The first kappa shape index (κ1) is 18.5. The molecule has 26 heavy (non-hydrogen) atoms. The van der Waals surface area contributed by atoms with E-state index in [2.05, 4.69) is 0 Å². The molecule has 0 spiro atoms. The van der Waals surface area contributed by atoms with E-state index in [4.69, 9.17) is 4.74 Å². The smallest absolute Gasteiger partial charge is 0.342 e. The Morgan fingerprint density at radius 2 is 1.88 bits per heavy atom.